The maximum absolute atomic E-state index is 15.8. The van der Waals surface area contributed by atoms with Gasteiger partial charge in [-0.1, -0.05) is 87.4 Å². The summed E-state index contributed by atoms with van der Waals surface area (Å²) >= 11 is 0. The third-order valence-electron chi connectivity index (χ3n) is 23.4. The van der Waals surface area contributed by atoms with Crippen molar-refractivity contribution < 1.29 is 39.8 Å². The number of hydrogen-bond donors (Lipinski definition) is 7. The van der Waals surface area contributed by atoms with E-state index in [1.807, 2.05) is 26.0 Å². The fourth-order valence-corrected chi connectivity index (χ4v) is 19.9. The van der Waals surface area contributed by atoms with Crippen molar-refractivity contribution in [1.82, 2.24) is 5.32 Å². The van der Waals surface area contributed by atoms with Crippen LogP contribution in [-0.2, 0) is 27.1 Å². The number of fused-ring (bicyclic) bond motifs is 4. The number of epoxide rings is 1. The molecule has 7 fully saturated rings. The van der Waals surface area contributed by atoms with Gasteiger partial charge in [0.05, 0.1) is 29.7 Å². The van der Waals surface area contributed by atoms with Gasteiger partial charge in [-0.3, -0.25) is 4.79 Å². The van der Waals surface area contributed by atoms with E-state index in [-0.39, 0.29) is 54.0 Å². The van der Waals surface area contributed by atoms with Gasteiger partial charge in [0.25, 0.3) is 0 Å². The average molecular weight is 985 g/mol. The van der Waals surface area contributed by atoms with E-state index < -0.39 is 62.7 Å². The summed E-state index contributed by atoms with van der Waals surface area (Å²) in [6.07, 6.45) is 21.8. The zero-order chi connectivity index (χ0) is 50.3. The first-order valence-electron chi connectivity index (χ1n) is 28.5. The highest BCUT2D eigenvalue weighted by atomic mass is 16.6. The maximum Gasteiger partial charge on any atom is 0.159 e. The smallest absolute Gasteiger partial charge is 0.159 e. The van der Waals surface area contributed by atoms with Gasteiger partial charge in [0.1, 0.15) is 17.8 Å². The van der Waals surface area contributed by atoms with Gasteiger partial charge in [-0.2, -0.15) is 0 Å². The van der Waals surface area contributed by atoms with Crippen LogP contribution in [0.3, 0.4) is 0 Å². The zero-order valence-corrected chi connectivity index (χ0v) is 43.7. The molecule has 0 bridgehead atoms. The first kappa shape index (κ1) is 49.6. The summed E-state index contributed by atoms with van der Waals surface area (Å²) < 4.78 is 14.3. The molecule has 8 N–H and O–H groups in total. The molecule has 1 aromatic carbocycles. The number of aryl methyl sites for hydroxylation is 1. The summed E-state index contributed by atoms with van der Waals surface area (Å²) in [5.74, 6) is 8.42. The fraction of sp³-hybridized carbons (Fsp3) is 0.726. The summed E-state index contributed by atoms with van der Waals surface area (Å²) in [7, 11) is 0. The molecular formula is C62H84N2O8. The molecule has 3 spiro atoms. The third-order valence-corrected chi connectivity index (χ3v) is 23.4. The molecule has 0 aromatic heterocycles. The van der Waals surface area contributed by atoms with Gasteiger partial charge in [0.15, 0.2) is 5.78 Å². The molecule has 17 atom stereocenters. The van der Waals surface area contributed by atoms with Crippen molar-refractivity contribution in [2.24, 2.45) is 74.2 Å². The number of ether oxygens (including phenoxy) is 2. The van der Waals surface area contributed by atoms with E-state index in [1.165, 1.54) is 16.7 Å². The lowest BCUT2D eigenvalue weighted by Crippen LogP contribution is -2.71. The molecule has 1 aromatic rings. The van der Waals surface area contributed by atoms with E-state index in [4.69, 9.17) is 15.2 Å². The monoisotopic (exact) mass is 985 g/mol. The molecule has 3 aliphatic heterocycles. The van der Waals surface area contributed by atoms with Crippen molar-refractivity contribution in [2.45, 2.75) is 185 Å². The lowest BCUT2D eigenvalue weighted by molar-refractivity contribution is -0.225. The largest absolute Gasteiger partial charge is 0.396 e. The van der Waals surface area contributed by atoms with E-state index in [0.29, 0.717) is 82.7 Å². The standard InChI is InChI=1S/C62H84N2O8/c1-38-20-27-71-61(32-38,54-53(72-54)57(4,69)55(2,37-66)23-16-39-18-25-64-51(63)29-39)49-17-24-62(70)47-31-48(68)46-30-45(67)36-59-44-28-40(19-26-65)33-60(46,59)52(47)43(34-56(49,62)3)15-14-42-11-6-5-10-41(42)12-9-13-50(59)58(35-44)21-7-8-22-58/h5-6,10-11,18,28-29,31,38,43-46,49-50,52-54,64-67,69-70H,7-8,12,14-17,19-27,30,32-37,63H2,1-4H3. The van der Waals surface area contributed by atoms with E-state index >= 15 is 4.79 Å². The highest BCUT2D eigenvalue weighted by Crippen LogP contribution is 2.83. The van der Waals surface area contributed by atoms with Gasteiger partial charge in [-0.05, 0) is 185 Å². The quantitative estimate of drug-likeness (QED) is 0.0692. The molecule has 17 unspecified atom stereocenters. The van der Waals surface area contributed by atoms with E-state index in [1.54, 1.807) is 0 Å². The van der Waals surface area contributed by atoms with Crippen molar-refractivity contribution in [2.75, 3.05) is 26.4 Å². The Morgan fingerprint density at radius 3 is 2.51 bits per heavy atom. The minimum Gasteiger partial charge on any atom is -0.396 e. The number of rotatable bonds is 10. The van der Waals surface area contributed by atoms with E-state index in [2.05, 4.69) is 67.4 Å². The van der Waals surface area contributed by atoms with Crippen molar-refractivity contribution in [3.05, 3.63) is 82.2 Å². The van der Waals surface area contributed by atoms with Crippen LogP contribution < -0.4 is 11.1 Å². The molecule has 11 aliphatic rings. The second-order valence-corrected chi connectivity index (χ2v) is 26.6. The third kappa shape index (κ3) is 6.88. The molecule has 0 amide bonds. The predicted octanol–water partition coefficient (Wildman–Crippen LogP) is 7.94. The molecule has 0 radical (unpaired) electrons. The lowest BCUT2D eigenvalue weighted by Gasteiger charge is -2.71. The van der Waals surface area contributed by atoms with Gasteiger partial charge >= 0.3 is 0 Å². The number of allylic oxidation sites excluding steroid dienone is 4. The summed E-state index contributed by atoms with van der Waals surface area (Å²) in [5.41, 5.74) is 5.67. The van der Waals surface area contributed by atoms with Crippen LogP contribution in [0.5, 0.6) is 0 Å². The predicted molar refractivity (Wildman–Crippen MR) is 276 cm³/mol. The Balaban J connectivity index is 0.996. The highest BCUT2D eigenvalue weighted by Gasteiger charge is 2.81. The van der Waals surface area contributed by atoms with Crippen molar-refractivity contribution in [1.29, 1.82) is 0 Å². The fourth-order valence-electron chi connectivity index (χ4n) is 19.9. The number of hydrogen-bond acceptors (Lipinski definition) is 10. The van der Waals surface area contributed by atoms with Gasteiger partial charge in [0.2, 0.25) is 0 Å². The highest BCUT2D eigenvalue weighted by molar-refractivity contribution is 5.95. The Morgan fingerprint density at radius 1 is 0.972 bits per heavy atom. The van der Waals surface area contributed by atoms with Gasteiger partial charge in [-0.15, -0.1) is 0 Å². The van der Waals surface area contributed by atoms with Crippen molar-refractivity contribution in [3.8, 4) is 11.8 Å². The van der Waals surface area contributed by atoms with E-state index in [9.17, 15) is 25.5 Å². The summed E-state index contributed by atoms with van der Waals surface area (Å²) in [4.78, 5) is 15.8. The molecule has 10 heteroatoms. The number of nitrogens with one attached hydrogen (secondary N) is 1. The number of carbonyl (C=O) groups excluding carboxylic acids is 1. The van der Waals surface area contributed by atoms with Crippen LogP contribution in [0.25, 0.3) is 0 Å². The van der Waals surface area contributed by atoms with E-state index in [0.717, 1.165) is 75.4 Å². The summed E-state index contributed by atoms with van der Waals surface area (Å²) in [6, 6.07) is 8.85. The van der Waals surface area contributed by atoms with Crippen LogP contribution in [0.4, 0.5) is 0 Å². The number of aliphatic hydroxyl groups excluding tert-OH is 3. The average Bonchev–Trinajstić information content (AvgIpc) is 3.88. The Bertz CT molecular complexity index is 2550. The van der Waals surface area contributed by atoms with Crippen LogP contribution in [0.1, 0.15) is 148 Å². The molecular weight excluding hydrogens is 901 g/mol. The van der Waals surface area contributed by atoms with Crippen molar-refractivity contribution >= 4 is 5.78 Å². The van der Waals surface area contributed by atoms with Crippen LogP contribution in [0.15, 0.2) is 71.1 Å². The van der Waals surface area contributed by atoms with Crippen LogP contribution >= 0.6 is 0 Å². The Hall–Kier alpha value is -3.27. The molecule has 8 aliphatic carbocycles. The Morgan fingerprint density at radius 2 is 1.76 bits per heavy atom. The second-order valence-electron chi connectivity index (χ2n) is 26.6. The molecule has 10 nitrogen and oxygen atoms in total. The lowest BCUT2D eigenvalue weighted by atomic mass is 9.32. The number of benzene rings is 1. The summed E-state index contributed by atoms with van der Waals surface area (Å²) in [5, 5.41) is 64.8. The molecule has 5 saturated carbocycles. The maximum atomic E-state index is 15.8. The Kier molecular flexibility index (Phi) is 12.0. The van der Waals surface area contributed by atoms with Crippen LogP contribution in [-0.4, -0.2) is 92.8 Å². The summed E-state index contributed by atoms with van der Waals surface area (Å²) in [6.45, 7) is 9.46. The van der Waals surface area contributed by atoms with Crippen LogP contribution in [0.2, 0.25) is 0 Å². The Labute approximate surface area is 428 Å². The van der Waals surface area contributed by atoms with Crippen LogP contribution in [0, 0.1) is 80.3 Å². The number of nitrogens with two attached hydrogens (primary N) is 1. The van der Waals surface area contributed by atoms with Gasteiger partial charge in [0, 0.05) is 54.3 Å². The van der Waals surface area contributed by atoms with Crippen molar-refractivity contribution in [3.63, 3.8) is 0 Å². The number of ketones is 1. The van der Waals surface area contributed by atoms with Gasteiger partial charge < -0.3 is 46.1 Å². The molecule has 390 valence electrons. The second kappa shape index (κ2) is 17.4. The topological polar surface area (TPSA) is 178 Å². The van der Waals surface area contributed by atoms with Gasteiger partial charge in [-0.25, -0.2) is 0 Å². The normalized spacial score (nSPS) is 45.0. The molecule has 12 rings (SSSR count). The SMILES string of the molecule is CC1CCOC(C2OC2C(C)(O)C(C)(CO)CCC2=CCNC(N)=C2)(C2CCC3(O)C4=CC(=O)C5CC(O)CC67C8C=C(CCO)CC56C4C(CCc4ccccc4CC#CC7C4(CCCC4)C8)CC23C)C1. The molecule has 72 heavy (non-hydrogen) atoms. The zero-order valence-electron chi connectivity index (χ0n) is 43.7. The first-order chi connectivity index (χ1) is 34.4. The molecule has 2 saturated heterocycles. The number of dihydropyridines is 1. The minimum absolute atomic E-state index is 0.00622. The first-order valence-corrected chi connectivity index (χ1v) is 28.5. The number of carbonyl (C=O) groups is 1. The molecule has 3 heterocycles. The minimum atomic E-state index is -1.42. The number of aliphatic hydroxyl groups is 5.